The summed E-state index contributed by atoms with van der Waals surface area (Å²) in [6, 6.07) is 9.25. The third-order valence-corrected chi connectivity index (χ3v) is 4.00. The highest BCUT2D eigenvalue weighted by atomic mass is 35.5. The van der Waals surface area contributed by atoms with E-state index in [9.17, 15) is 14.0 Å². The second kappa shape index (κ2) is 8.69. The number of ether oxygens (including phenoxy) is 1. The third kappa shape index (κ3) is 5.62. The molecule has 0 fully saturated rings. The van der Waals surface area contributed by atoms with E-state index in [1.54, 1.807) is 24.3 Å². The molecule has 1 unspecified atom stereocenters. The Morgan fingerprint density at radius 3 is 2.44 bits per heavy atom. The van der Waals surface area contributed by atoms with Crippen molar-refractivity contribution in [2.45, 2.75) is 19.1 Å². The maximum atomic E-state index is 13.7. The number of primary amides is 1. The van der Waals surface area contributed by atoms with Crippen LogP contribution in [0.2, 0.25) is 10.0 Å². The molecule has 1 atom stereocenters. The monoisotopic (exact) mass is 384 g/mol. The lowest BCUT2D eigenvalue weighted by molar-refractivity contribution is -0.145. The summed E-state index contributed by atoms with van der Waals surface area (Å²) in [5.74, 6) is -1.21. The lowest BCUT2D eigenvalue weighted by Gasteiger charge is -2.17. The molecule has 3 N–H and O–H groups in total. The molecule has 25 heavy (non-hydrogen) atoms. The number of urea groups is 1. The van der Waals surface area contributed by atoms with Crippen molar-refractivity contribution < 1.29 is 18.7 Å². The summed E-state index contributed by atoms with van der Waals surface area (Å²) in [5, 5.41) is 3.14. The zero-order valence-electron chi connectivity index (χ0n) is 13.0. The van der Waals surface area contributed by atoms with Gasteiger partial charge in [-0.3, -0.25) is 4.79 Å². The summed E-state index contributed by atoms with van der Waals surface area (Å²) in [5.41, 5.74) is 5.86. The van der Waals surface area contributed by atoms with Crippen molar-refractivity contribution in [1.82, 2.24) is 5.32 Å². The number of rotatable bonds is 6. The van der Waals surface area contributed by atoms with Crippen molar-refractivity contribution in [3.8, 4) is 0 Å². The second-order valence-corrected chi connectivity index (χ2v) is 6.02. The number of esters is 1. The van der Waals surface area contributed by atoms with Gasteiger partial charge in [0.2, 0.25) is 0 Å². The highest BCUT2D eigenvalue weighted by molar-refractivity contribution is 6.31. The molecule has 2 rings (SSSR count). The normalized spacial score (nSPS) is 11.6. The number of benzene rings is 2. The van der Waals surface area contributed by atoms with Crippen molar-refractivity contribution in [3.05, 3.63) is 69.5 Å². The molecule has 0 bridgehead atoms. The fourth-order valence-electron chi connectivity index (χ4n) is 2.17. The van der Waals surface area contributed by atoms with Gasteiger partial charge < -0.3 is 15.8 Å². The van der Waals surface area contributed by atoms with E-state index in [1.165, 1.54) is 18.2 Å². The zero-order chi connectivity index (χ0) is 18.4. The molecule has 2 amide bonds. The largest absolute Gasteiger partial charge is 0.461 e. The summed E-state index contributed by atoms with van der Waals surface area (Å²) in [6.45, 7) is -0.311. The van der Waals surface area contributed by atoms with E-state index in [4.69, 9.17) is 33.7 Å². The highest BCUT2D eigenvalue weighted by Gasteiger charge is 2.19. The van der Waals surface area contributed by atoms with E-state index in [0.717, 1.165) is 0 Å². The number of carbonyl (C=O) groups excluding carboxylic acids is 2. The Kier molecular flexibility index (Phi) is 6.61. The van der Waals surface area contributed by atoms with Crippen LogP contribution in [0.15, 0.2) is 42.5 Å². The van der Waals surface area contributed by atoms with Gasteiger partial charge >= 0.3 is 12.0 Å². The second-order valence-electron chi connectivity index (χ2n) is 5.18. The Bertz CT molecular complexity index is 749. The number of hydrogen-bond acceptors (Lipinski definition) is 3. The van der Waals surface area contributed by atoms with Gasteiger partial charge in [-0.15, -0.1) is 0 Å². The van der Waals surface area contributed by atoms with Crippen LogP contribution in [0.4, 0.5) is 9.18 Å². The van der Waals surface area contributed by atoms with Gasteiger partial charge in [-0.2, -0.15) is 0 Å². The Morgan fingerprint density at radius 2 is 1.84 bits per heavy atom. The van der Waals surface area contributed by atoms with Gasteiger partial charge in [0.25, 0.3) is 0 Å². The predicted molar refractivity (Wildman–Crippen MR) is 92.7 cm³/mol. The Balaban J connectivity index is 2.04. The molecule has 132 valence electrons. The van der Waals surface area contributed by atoms with Gasteiger partial charge in [0, 0.05) is 10.6 Å². The van der Waals surface area contributed by atoms with Gasteiger partial charge in [0.15, 0.2) is 0 Å². The van der Waals surface area contributed by atoms with Crippen LogP contribution in [0.3, 0.4) is 0 Å². The summed E-state index contributed by atoms with van der Waals surface area (Å²) in [7, 11) is 0. The number of hydrogen-bond donors (Lipinski definition) is 2. The summed E-state index contributed by atoms with van der Waals surface area (Å²) in [6.07, 6.45) is -0.184. The van der Waals surface area contributed by atoms with E-state index in [-0.39, 0.29) is 23.6 Å². The molecule has 0 aromatic heterocycles. The molecule has 0 aliphatic heterocycles. The molecule has 0 heterocycles. The summed E-state index contributed by atoms with van der Waals surface area (Å²) in [4.78, 5) is 23.2. The molecule has 2 aromatic carbocycles. The third-order valence-electron chi connectivity index (χ3n) is 3.40. The molecule has 0 saturated carbocycles. The van der Waals surface area contributed by atoms with E-state index in [0.29, 0.717) is 10.6 Å². The molecule has 0 saturated heterocycles. The van der Waals surface area contributed by atoms with E-state index in [1.807, 2.05) is 0 Å². The van der Waals surface area contributed by atoms with Gasteiger partial charge in [-0.05, 0) is 29.8 Å². The number of nitrogens with one attached hydrogen (secondary N) is 1. The average molecular weight is 385 g/mol. The topological polar surface area (TPSA) is 81.4 Å². The minimum Gasteiger partial charge on any atom is -0.461 e. The van der Waals surface area contributed by atoms with E-state index in [2.05, 4.69) is 5.32 Å². The van der Waals surface area contributed by atoms with Crippen molar-refractivity contribution in [3.63, 3.8) is 0 Å². The molecule has 0 aliphatic carbocycles. The first-order chi connectivity index (χ1) is 11.9. The van der Waals surface area contributed by atoms with Gasteiger partial charge in [0.1, 0.15) is 12.4 Å². The molecule has 8 heteroatoms. The van der Waals surface area contributed by atoms with Crippen molar-refractivity contribution in [2.75, 3.05) is 0 Å². The van der Waals surface area contributed by atoms with Gasteiger partial charge in [-0.25, -0.2) is 9.18 Å². The minimum absolute atomic E-state index is 0.0865. The first kappa shape index (κ1) is 19.0. The molecule has 5 nitrogen and oxygen atoms in total. The van der Waals surface area contributed by atoms with E-state index >= 15 is 0 Å². The predicted octanol–water partition coefficient (Wildman–Crippen LogP) is 3.98. The van der Waals surface area contributed by atoms with Crippen molar-refractivity contribution in [2.24, 2.45) is 5.73 Å². The van der Waals surface area contributed by atoms with Crippen LogP contribution in [0.25, 0.3) is 0 Å². The molecule has 0 spiro atoms. The minimum atomic E-state index is -0.787. The summed E-state index contributed by atoms with van der Waals surface area (Å²) < 4.78 is 18.7. The van der Waals surface area contributed by atoms with Gasteiger partial charge in [-0.1, -0.05) is 41.4 Å². The quantitative estimate of drug-likeness (QED) is 0.739. The summed E-state index contributed by atoms with van der Waals surface area (Å²) >= 11 is 11.7. The molecule has 0 aliphatic rings. The maximum Gasteiger partial charge on any atom is 0.312 e. The Labute approximate surface area is 153 Å². The Morgan fingerprint density at radius 1 is 1.16 bits per heavy atom. The van der Waals surface area contributed by atoms with Crippen LogP contribution in [-0.2, 0) is 16.1 Å². The van der Waals surface area contributed by atoms with Crippen molar-refractivity contribution in [1.29, 1.82) is 0 Å². The molecule has 2 aromatic rings. The zero-order valence-corrected chi connectivity index (χ0v) is 14.5. The average Bonchev–Trinajstić information content (AvgIpc) is 2.54. The lowest BCUT2D eigenvalue weighted by Crippen LogP contribution is -2.34. The van der Waals surface area contributed by atoms with Gasteiger partial charge in [0.05, 0.1) is 17.5 Å². The molecular weight excluding hydrogens is 370 g/mol. The van der Waals surface area contributed by atoms with Crippen LogP contribution < -0.4 is 11.1 Å². The first-order valence-electron chi connectivity index (χ1n) is 7.26. The SMILES string of the molecule is NC(=O)NC(CC(=O)OCc1c(F)cccc1Cl)c1ccc(Cl)cc1. The van der Waals surface area contributed by atoms with Crippen molar-refractivity contribution >= 4 is 35.2 Å². The smallest absolute Gasteiger partial charge is 0.312 e. The fourth-order valence-corrected chi connectivity index (χ4v) is 2.51. The lowest BCUT2D eigenvalue weighted by atomic mass is 10.0. The number of carbonyl (C=O) groups is 2. The van der Waals surface area contributed by atoms with Crippen LogP contribution in [-0.4, -0.2) is 12.0 Å². The number of halogens is 3. The number of nitrogens with two attached hydrogens (primary N) is 1. The Hall–Kier alpha value is -2.31. The van der Waals surface area contributed by atoms with E-state index < -0.39 is 23.9 Å². The number of amides is 2. The molecule has 0 radical (unpaired) electrons. The van der Waals surface area contributed by atoms with Crippen LogP contribution in [0.5, 0.6) is 0 Å². The van der Waals surface area contributed by atoms with Crippen LogP contribution in [0, 0.1) is 5.82 Å². The first-order valence-corrected chi connectivity index (χ1v) is 8.02. The van der Waals surface area contributed by atoms with Crippen LogP contribution >= 0.6 is 23.2 Å². The highest BCUT2D eigenvalue weighted by Crippen LogP contribution is 2.22. The standard InChI is InChI=1S/C17H15Cl2FN2O3/c18-11-6-4-10(5-7-11)15(22-17(21)24)8-16(23)25-9-12-13(19)2-1-3-14(12)20/h1-7,15H,8-9H2,(H3,21,22,24). The molecular formula is C17H15Cl2FN2O3. The maximum absolute atomic E-state index is 13.7. The fraction of sp³-hybridized carbons (Fsp3) is 0.176. The van der Waals surface area contributed by atoms with Crippen LogP contribution in [0.1, 0.15) is 23.6 Å².